The number of esters is 1. The van der Waals surface area contributed by atoms with E-state index >= 15 is 0 Å². The summed E-state index contributed by atoms with van der Waals surface area (Å²) >= 11 is 0. The molecule has 11 heteroatoms. The molecule has 4 aromatic rings. The Bertz CT molecular complexity index is 1390. The molecular formula is C27H23F3NO5PS. The Morgan fingerprint density at radius 3 is 1.53 bits per heavy atom. The Morgan fingerprint density at radius 1 is 0.842 bits per heavy atom. The van der Waals surface area contributed by atoms with E-state index in [1.165, 1.54) is 23.0 Å². The summed E-state index contributed by atoms with van der Waals surface area (Å²) in [7, 11) is -7.05. The van der Waals surface area contributed by atoms with E-state index in [-0.39, 0.29) is 5.97 Å². The van der Waals surface area contributed by atoms with Gasteiger partial charge in [-0.15, -0.1) is 0 Å². The van der Waals surface area contributed by atoms with Gasteiger partial charge in [-0.2, -0.15) is 13.2 Å². The molecule has 198 valence electrons. The number of ether oxygens (including phenoxy) is 1. The van der Waals surface area contributed by atoms with Crippen molar-refractivity contribution in [2.24, 2.45) is 0 Å². The van der Waals surface area contributed by atoms with Crippen LogP contribution in [0.1, 0.15) is 16.1 Å². The molecule has 3 aromatic carbocycles. The summed E-state index contributed by atoms with van der Waals surface area (Å²) in [6.45, 7) is 1.96. The third-order valence-corrected chi connectivity index (χ3v) is 10.4. The van der Waals surface area contributed by atoms with E-state index in [4.69, 9.17) is 17.7 Å². The Kier molecular flexibility index (Phi) is 9.04. The highest BCUT2D eigenvalue weighted by molar-refractivity contribution is 8.01. The van der Waals surface area contributed by atoms with Crippen molar-refractivity contribution in [3.8, 4) is 0 Å². The van der Waals surface area contributed by atoms with Crippen LogP contribution in [0.2, 0.25) is 0 Å². The highest BCUT2D eigenvalue weighted by atomic mass is 32.2. The lowest BCUT2D eigenvalue weighted by atomic mass is 10.2. The number of benzene rings is 3. The van der Waals surface area contributed by atoms with Crippen LogP contribution >= 0.6 is 7.26 Å². The third kappa shape index (κ3) is 6.10. The molecule has 6 nitrogen and oxygen atoms in total. The Hall–Kier alpha value is -3.59. The molecule has 0 aliphatic rings. The van der Waals surface area contributed by atoms with Gasteiger partial charge in [0.25, 0.3) is 0 Å². The molecule has 0 fully saturated rings. The van der Waals surface area contributed by atoms with Crippen molar-refractivity contribution < 1.29 is 35.7 Å². The van der Waals surface area contributed by atoms with Crippen LogP contribution in [-0.4, -0.2) is 36.5 Å². The van der Waals surface area contributed by atoms with Crippen LogP contribution in [-0.2, 0) is 14.9 Å². The van der Waals surface area contributed by atoms with Crippen molar-refractivity contribution in [3.63, 3.8) is 0 Å². The first-order valence-electron chi connectivity index (χ1n) is 11.1. The monoisotopic (exact) mass is 561 g/mol. The summed E-state index contributed by atoms with van der Waals surface area (Å²) in [4.78, 5) is 17.3. The number of pyridine rings is 1. The summed E-state index contributed by atoms with van der Waals surface area (Å²) < 4.78 is 64.1. The van der Waals surface area contributed by atoms with Crippen LogP contribution in [0.3, 0.4) is 0 Å². The average molecular weight is 562 g/mol. The predicted octanol–water partition coefficient (Wildman–Crippen LogP) is 3.85. The second kappa shape index (κ2) is 11.9. The van der Waals surface area contributed by atoms with Crippen LogP contribution in [0.15, 0.2) is 103 Å². The zero-order valence-corrected chi connectivity index (χ0v) is 22.0. The SMILES string of the molecule is COC(=O)c1cnc(C)cc1[P+](c1ccccc1)(c1ccccc1)c1ccccc1.O=S(=O)([O-])C(F)(F)F. The maximum atomic E-state index is 12.8. The van der Waals surface area contributed by atoms with Gasteiger partial charge in [-0.05, 0) is 43.3 Å². The van der Waals surface area contributed by atoms with Crippen LogP contribution in [0.4, 0.5) is 13.2 Å². The minimum Gasteiger partial charge on any atom is -0.741 e. The van der Waals surface area contributed by atoms with E-state index in [0.717, 1.165) is 11.0 Å². The summed E-state index contributed by atoms with van der Waals surface area (Å²) in [5, 5.41) is 4.50. The van der Waals surface area contributed by atoms with Gasteiger partial charge in [0.15, 0.2) is 10.1 Å². The summed E-state index contributed by atoms with van der Waals surface area (Å²) in [5.74, 6) is -0.371. The second-order valence-corrected chi connectivity index (χ2v) is 12.7. The van der Waals surface area contributed by atoms with Gasteiger partial charge in [0, 0.05) is 18.0 Å². The van der Waals surface area contributed by atoms with E-state index in [0.29, 0.717) is 5.56 Å². The first-order chi connectivity index (χ1) is 17.9. The molecule has 0 amide bonds. The van der Waals surface area contributed by atoms with Gasteiger partial charge < -0.3 is 9.29 Å². The smallest absolute Gasteiger partial charge is 0.485 e. The van der Waals surface area contributed by atoms with E-state index in [9.17, 15) is 18.0 Å². The molecule has 0 atom stereocenters. The molecule has 0 radical (unpaired) electrons. The molecule has 0 bridgehead atoms. The summed E-state index contributed by atoms with van der Waals surface area (Å²) in [6.07, 6.45) is 1.65. The molecule has 0 saturated carbocycles. The van der Waals surface area contributed by atoms with E-state index in [2.05, 4.69) is 77.8 Å². The first kappa shape index (κ1) is 29.0. The molecule has 0 aliphatic heterocycles. The molecular weight excluding hydrogens is 538 g/mol. The Morgan fingerprint density at radius 2 is 1.21 bits per heavy atom. The van der Waals surface area contributed by atoms with Crippen molar-refractivity contribution in [3.05, 3.63) is 115 Å². The number of rotatable bonds is 5. The quantitative estimate of drug-likeness (QED) is 0.159. The van der Waals surface area contributed by atoms with Gasteiger partial charge in [0.1, 0.15) is 34.0 Å². The predicted molar refractivity (Wildman–Crippen MR) is 141 cm³/mol. The van der Waals surface area contributed by atoms with Crippen molar-refractivity contribution in [1.82, 2.24) is 4.98 Å². The van der Waals surface area contributed by atoms with Gasteiger partial charge >= 0.3 is 11.5 Å². The van der Waals surface area contributed by atoms with Gasteiger partial charge in [-0.1, -0.05) is 54.6 Å². The topological polar surface area (TPSA) is 96.4 Å². The minimum atomic E-state index is -6.09. The number of hydrogen-bond donors (Lipinski definition) is 0. The number of halogens is 3. The normalized spacial score (nSPS) is 11.7. The number of aryl methyl sites for hydroxylation is 1. The number of nitrogens with zero attached hydrogens (tertiary/aromatic N) is 1. The van der Waals surface area contributed by atoms with E-state index < -0.39 is 22.9 Å². The van der Waals surface area contributed by atoms with Crippen molar-refractivity contribution in [2.45, 2.75) is 12.4 Å². The van der Waals surface area contributed by atoms with Crippen LogP contribution in [0, 0.1) is 6.92 Å². The number of hydrogen-bond acceptors (Lipinski definition) is 6. The molecule has 0 N–H and O–H groups in total. The van der Waals surface area contributed by atoms with Crippen molar-refractivity contribution in [2.75, 3.05) is 7.11 Å². The van der Waals surface area contributed by atoms with Crippen LogP contribution < -0.4 is 21.2 Å². The Labute approximate surface area is 219 Å². The molecule has 4 rings (SSSR count). The second-order valence-electron chi connectivity index (χ2n) is 7.91. The summed E-state index contributed by atoms with van der Waals surface area (Å²) in [5.41, 5.74) is -4.27. The number of carbonyl (C=O) groups is 1. The fourth-order valence-corrected chi connectivity index (χ4v) is 8.39. The van der Waals surface area contributed by atoms with Crippen LogP contribution in [0.5, 0.6) is 0 Å². The highest BCUT2D eigenvalue weighted by Crippen LogP contribution is 2.55. The number of methoxy groups -OCH3 is 1. The zero-order valence-electron chi connectivity index (χ0n) is 20.3. The molecule has 0 unspecified atom stereocenters. The van der Waals surface area contributed by atoms with Gasteiger partial charge in [0.05, 0.1) is 7.11 Å². The molecule has 0 saturated heterocycles. The van der Waals surface area contributed by atoms with E-state index in [1.807, 2.05) is 31.2 Å². The van der Waals surface area contributed by atoms with Gasteiger partial charge in [0.2, 0.25) is 0 Å². The third-order valence-electron chi connectivity index (χ3n) is 5.50. The fraction of sp³-hybridized carbons (Fsp3) is 0.111. The lowest BCUT2D eigenvalue weighted by Crippen LogP contribution is -2.41. The maximum absolute atomic E-state index is 12.8. The van der Waals surface area contributed by atoms with Crippen LogP contribution in [0.25, 0.3) is 0 Å². The maximum Gasteiger partial charge on any atom is 0.485 e. The zero-order chi connectivity index (χ0) is 28.0. The van der Waals surface area contributed by atoms with E-state index in [1.54, 1.807) is 6.20 Å². The number of carbonyl (C=O) groups excluding carboxylic acids is 1. The number of alkyl halides is 3. The van der Waals surface area contributed by atoms with Crippen molar-refractivity contribution >= 4 is 44.6 Å². The first-order valence-corrected chi connectivity index (χ1v) is 14.3. The largest absolute Gasteiger partial charge is 0.741 e. The molecule has 0 spiro atoms. The molecule has 1 heterocycles. The highest BCUT2D eigenvalue weighted by Gasteiger charge is 2.50. The molecule has 1 aromatic heterocycles. The number of aromatic nitrogens is 1. The van der Waals surface area contributed by atoms with Crippen molar-refractivity contribution in [1.29, 1.82) is 0 Å². The van der Waals surface area contributed by atoms with Gasteiger partial charge in [-0.3, -0.25) is 4.98 Å². The standard InChI is InChI=1S/C26H23NO2P.CHF3O3S/c1-20-18-25(24(19-27-20)26(28)29-2)30(21-12-6-3-7-13-21,22-14-8-4-9-15-22)23-16-10-5-11-17-23;2-1(3,4)8(5,6)7/h3-19H,1-2H3;(H,5,6,7)/q+1;/p-1. The van der Waals surface area contributed by atoms with Gasteiger partial charge in [-0.25, -0.2) is 13.2 Å². The summed E-state index contributed by atoms with van der Waals surface area (Å²) in [6, 6.07) is 33.4. The average Bonchev–Trinajstić information content (AvgIpc) is 2.90. The fourth-order valence-electron chi connectivity index (χ4n) is 3.91. The molecule has 0 aliphatic carbocycles. The lowest BCUT2D eigenvalue weighted by Gasteiger charge is -2.28. The molecule has 38 heavy (non-hydrogen) atoms. The Balaban J connectivity index is 0.000000436. The minimum absolute atomic E-state index is 0.371. The lowest BCUT2D eigenvalue weighted by molar-refractivity contribution is -0.0517.